The van der Waals surface area contributed by atoms with Crippen molar-refractivity contribution in [1.82, 2.24) is 0 Å². The summed E-state index contributed by atoms with van der Waals surface area (Å²) >= 11 is 1.52. The third kappa shape index (κ3) is 3.42. The first-order chi connectivity index (χ1) is 13.6. The molecule has 1 aromatic heterocycles. The normalized spacial score (nSPS) is 15.9. The smallest absolute Gasteiger partial charge is 0.341 e. The number of carbonyl (C=O) groups is 2. The van der Waals surface area contributed by atoms with Crippen molar-refractivity contribution in [3.8, 4) is 0 Å². The second kappa shape index (κ2) is 7.76. The molecule has 1 aliphatic carbocycles. The van der Waals surface area contributed by atoms with Crippen LogP contribution in [0.5, 0.6) is 0 Å². The fraction of sp³-hybridized carbons (Fsp3) is 0.304. The molecule has 5 heteroatoms. The predicted octanol–water partition coefficient (Wildman–Crippen LogP) is 5.46. The van der Waals surface area contributed by atoms with Crippen LogP contribution in [0.15, 0.2) is 42.5 Å². The van der Waals surface area contributed by atoms with E-state index in [0.29, 0.717) is 28.7 Å². The topological polar surface area (TPSA) is 55.4 Å². The van der Waals surface area contributed by atoms with Crippen LogP contribution in [0.25, 0.3) is 10.8 Å². The van der Waals surface area contributed by atoms with E-state index in [-0.39, 0.29) is 11.9 Å². The molecule has 1 atom stereocenters. The Morgan fingerprint density at radius 3 is 2.79 bits per heavy atom. The summed E-state index contributed by atoms with van der Waals surface area (Å²) in [6.07, 6.45) is 2.84. The number of fused-ring (bicyclic) bond motifs is 2. The summed E-state index contributed by atoms with van der Waals surface area (Å²) in [6, 6.07) is 13.5. The minimum Gasteiger partial charge on any atom is -0.462 e. The van der Waals surface area contributed by atoms with Crippen LogP contribution in [0.1, 0.15) is 51.4 Å². The number of ether oxygens (including phenoxy) is 1. The lowest BCUT2D eigenvalue weighted by molar-refractivity contribution is 0.0526. The Labute approximate surface area is 168 Å². The van der Waals surface area contributed by atoms with E-state index in [0.717, 1.165) is 35.6 Å². The van der Waals surface area contributed by atoms with Crippen molar-refractivity contribution in [1.29, 1.82) is 0 Å². The molecule has 0 saturated carbocycles. The molecule has 3 aromatic rings. The third-order valence-corrected chi connectivity index (χ3v) is 6.42. The van der Waals surface area contributed by atoms with Crippen LogP contribution < -0.4 is 5.32 Å². The second-order valence-electron chi connectivity index (χ2n) is 7.26. The number of carbonyl (C=O) groups excluding carboxylic acids is 2. The number of anilines is 1. The fourth-order valence-corrected chi connectivity index (χ4v) is 5.25. The first-order valence-corrected chi connectivity index (χ1v) is 10.5. The number of esters is 1. The molecule has 1 N–H and O–H groups in total. The van der Waals surface area contributed by atoms with Crippen molar-refractivity contribution in [2.75, 3.05) is 11.9 Å². The molecule has 1 amide bonds. The van der Waals surface area contributed by atoms with Crippen LogP contribution in [0.2, 0.25) is 0 Å². The second-order valence-corrected chi connectivity index (χ2v) is 8.36. The maximum atomic E-state index is 13.1. The SMILES string of the molecule is CCOC(=O)c1c(NC(=O)c2cccc3ccccc23)sc2c1CCC(C)C2. The number of nitrogens with one attached hydrogen (secondary N) is 1. The highest BCUT2D eigenvalue weighted by atomic mass is 32.1. The minimum atomic E-state index is -0.345. The third-order valence-electron chi connectivity index (χ3n) is 5.25. The molecule has 1 unspecified atom stereocenters. The number of hydrogen-bond acceptors (Lipinski definition) is 4. The Morgan fingerprint density at radius 1 is 1.18 bits per heavy atom. The molecular formula is C23H23NO3S. The molecule has 0 spiro atoms. The minimum absolute atomic E-state index is 0.200. The summed E-state index contributed by atoms with van der Waals surface area (Å²) in [6.45, 7) is 4.34. The van der Waals surface area contributed by atoms with Gasteiger partial charge in [-0.05, 0) is 54.5 Å². The van der Waals surface area contributed by atoms with E-state index in [1.54, 1.807) is 6.92 Å². The van der Waals surface area contributed by atoms with Gasteiger partial charge in [0.05, 0.1) is 12.2 Å². The summed E-state index contributed by atoms with van der Waals surface area (Å²) in [5.74, 6) is 0.0413. The molecule has 0 aliphatic heterocycles. The largest absolute Gasteiger partial charge is 0.462 e. The zero-order valence-corrected chi connectivity index (χ0v) is 16.9. The number of rotatable bonds is 4. The van der Waals surface area contributed by atoms with E-state index in [2.05, 4.69) is 12.2 Å². The van der Waals surface area contributed by atoms with E-state index in [9.17, 15) is 9.59 Å². The van der Waals surface area contributed by atoms with Gasteiger partial charge < -0.3 is 10.1 Å². The lowest BCUT2D eigenvalue weighted by Crippen LogP contribution is -2.17. The average molecular weight is 394 g/mol. The van der Waals surface area contributed by atoms with Crippen LogP contribution >= 0.6 is 11.3 Å². The molecule has 28 heavy (non-hydrogen) atoms. The van der Waals surface area contributed by atoms with Gasteiger partial charge in [0.15, 0.2) is 0 Å². The molecule has 4 rings (SSSR count). The van der Waals surface area contributed by atoms with Crippen LogP contribution in [0.4, 0.5) is 5.00 Å². The van der Waals surface area contributed by atoms with E-state index in [1.165, 1.54) is 16.2 Å². The van der Waals surface area contributed by atoms with Crippen molar-refractivity contribution >= 4 is 39.0 Å². The van der Waals surface area contributed by atoms with Gasteiger partial charge in [0.2, 0.25) is 0 Å². The lowest BCUT2D eigenvalue weighted by atomic mass is 9.88. The van der Waals surface area contributed by atoms with Crippen LogP contribution in [-0.2, 0) is 17.6 Å². The van der Waals surface area contributed by atoms with Gasteiger partial charge in [0.25, 0.3) is 5.91 Å². The van der Waals surface area contributed by atoms with E-state index in [1.807, 2.05) is 42.5 Å². The van der Waals surface area contributed by atoms with Crippen molar-refractivity contribution in [2.45, 2.75) is 33.1 Å². The first-order valence-electron chi connectivity index (χ1n) is 9.69. The summed E-state index contributed by atoms with van der Waals surface area (Å²) in [5, 5.41) is 5.53. The van der Waals surface area contributed by atoms with E-state index < -0.39 is 0 Å². The molecule has 2 aromatic carbocycles. The summed E-state index contributed by atoms with van der Waals surface area (Å²) in [5.41, 5.74) is 2.20. The number of thiophene rings is 1. The van der Waals surface area contributed by atoms with Gasteiger partial charge in [-0.2, -0.15) is 0 Å². The summed E-state index contributed by atoms with van der Waals surface area (Å²) in [4.78, 5) is 26.9. The highest BCUT2D eigenvalue weighted by Gasteiger charge is 2.29. The van der Waals surface area contributed by atoms with Gasteiger partial charge in [-0.25, -0.2) is 4.79 Å². The lowest BCUT2D eigenvalue weighted by Gasteiger charge is -2.18. The molecule has 0 bridgehead atoms. The van der Waals surface area contributed by atoms with Gasteiger partial charge in [0, 0.05) is 10.4 Å². The summed E-state index contributed by atoms with van der Waals surface area (Å²) in [7, 11) is 0. The van der Waals surface area contributed by atoms with Gasteiger partial charge in [-0.15, -0.1) is 11.3 Å². The van der Waals surface area contributed by atoms with E-state index >= 15 is 0 Å². The molecule has 0 fully saturated rings. The van der Waals surface area contributed by atoms with Gasteiger partial charge in [-0.1, -0.05) is 43.3 Å². The molecule has 0 radical (unpaired) electrons. The monoisotopic (exact) mass is 393 g/mol. The van der Waals surface area contributed by atoms with Crippen molar-refractivity contribution in [3.63, 3.8) is 0 Å². The Bertz CT molecular complexity index is 1050. The Morgan fingerprint density at radius 2 is 1.96 bits per heavy atom. The average Bonchev–Trinajstić information content (AvgIpc) is 3.04. The van der Waals surface area contributed by atoms with Gasteiger partial charge >= 0.3 is 5.97 Å². The van der Waals surface area contributed by atoms with Crippen molar-refractivity contribution in [3.05, 3.63) is 64.0 Å². The van der Waals surface area contributed by atoms with Crippen molar-refractivity contribution in [2.24, 2.45) is 5.92 Å². The standard InChI is InChI=1S/C23H23NO3S/c1-3-27-23(26)20-18-12-11-14(2)13-19(18)28-22(20)24-21(25)17-10-6-8-15-7-4-5-9-16(15)17/h4-10,14H,3,11-13H2,1-2H3,(H,24,25). The predicted molar refractivity (Wildman–Crippen MR) is 113 cm³/mol. The molecule has 1 heterocycles. The quantitative estimate of drug-likeness (QED) is 0.599. The maximum Gasteiger partial charge on any atom is 0.341 e. The highest BCUT2D eigenvalue weighted by molar-refractivity contribution is 7.17. The van der Waals surface area contributed by atoms with Crippen LogP contribution in [0.3, 0.4) is 0 Å². The van der Waals surface area contributed by atoms with E-state index in [4.69, 9.17) is 4.74 Å². The van der Waals surface area contributed by atoms with Gasteiger partial charge in [0.1, 0.15) is 5.00 Å². The number of amides is 1. The fourth-order valence-electron chi connectivity index (χ4n) is 3.85. The molecule has 144 valence electrons. The Balaban J connectivity index is 1.72. The Hall–Kier alpha value is -2.66. The number of benzene rings is 2. The Kier molecular flexibility index (Phi) is 5.18. The maximum absolute atomic E-state index is 13.1. The molecular weight excluding hydrogens is 370 g/mol. The van der Waals surface area contributed by atoms with Gasteiger partial charge in [-0.3, -0.25) is 4.79 Å². The molecule has 4 nitrogen and oxygen atoms in total. The van der Waals surface area contributed by atoms with Crippen molar-refractivity contribution < 1.29 is 14.3 Å². The first kappa shape index (κ1) is 18.7. The summed E-state index contributed by atoms with van der Waals surface area (Å²) < 4.78 is 5.29. The zero-order chi connectivity index (χ0) is 19.7. The zero-order valence-electron chi connectivity index (χ0n) is 16.1. The molecule has 0 saturated heterocycles. The molecule has 1 aliphatic rings. The number of hydrogen-bond donors (Lipinski definition) is 1. The van der Waals surface area contributed by atoms with Crippen LogP contribution in [-0.4, -0.2) is 18.5 Å². The van der Waals surface area contributed by atoms with Crippen LogP contribution in [0, 0.1) is 5.92 Å². The highest BCUT2D eigenvalue weighted by Crippen LogP contribution is 2.40.